The van der Waals surface area contributed by atoms with E-state index in [0.29, 0.717) is 24.0 Å². The number of hydrogen-bond acceptors (Lipinski definition) is 6. The summed E-state index contributed by atoms with van der Waals surface area (Å²) in [4.78, 5) is 42.4. The first-order chi connectivity index (χ1) is 26.4. The molecule has 1 aliphatic rings. The van der Waals surface area contributed by atoms with Gasteiger partial charge < -0.3 is 13.9 Å². The van der Waals surface area contributed by atoms with Crippen molar-refractivity contribution >= 4 is 36.2 Å². The van der Waals surface area contributed by atoms with E-state index in [2.05, 4.69) is 45.0 Å². The fourth-order valence-electron chi connectivity index (χ4n) is 7.40. The summed E-state index contributed by atoms with van der Waals surface area (Å²) in [5.41, 5.74) is -2.28. The van der Waals surface area contributed by atoms with Crippen LogP contribution in [0.4, 0.5) is 13.2 Å². The largest absolute Gasteiger partial charge is 0.451 e. The number of methoxy groups -OCH3 is 1. The lowest BCUT2D eigenvalue weighted by Crippen LogP contribution is -2.66. The maximum Gasteiger partial charge on any atom is 0.432 e. The van der Waals surface area contributed by atoms with Crippen molar-refractivity contribution in [2.75, 3.05) is 13.7 Å². The summed E-state index contributed by atoms with van der Waals surface area (Å²) in [6.45, 7) is 13.6. The second kappa shape index (κ2) is 18.7. The van der Waals surface area contributed by atoms with Crippen LogP contribution in [0, 0.1) is 11.8 Å². The third kappa shape index (κ3) is 9.58. The van der Waals surface area contributed by atoms with Crippen molar-refractivity contribution in [1.82, 2.24) is 0 Å². The molecule has 1 aliphatic carbocycles. The number of ketones is 2. The zero-order valence-electron chi connectivity index (χ0n) is 33.7. The molecule has 0 heterocycles. The van der Waals surface area contributed by atoms with Gasteiger partial charge in [-0.3, -0.25) is 9.59 Å². The Hall–Kier alpha value is -4.38. The molecule has 0 saturated carbocycles. The Labute approximate surface area is 331 Å². The molecule has 0 N–H and O–H groups in total. The zero-order chi connectivity index (χ0) is 41.3. The van der Waals surface area contributed by atoms with Crippen molar-refractivity contribution < 1.29 is 41.5 Å². The van der Waals surface area contributed by atoms with E-state index in [4.69, 9.17) is 13.9 Å². The monoisotopic (exact) mass is 788 g/mol. The van der Waals surface area contributed by atoms with Crippen molar-refractivity contribution in [3.8, 4) is 0 Å². The Kier molecular flexibility index (Phi) is 14.8. The van der Waals surface area contributed by atoms with Gasteiger partial charge in [-0.2, -0.15) is 13.2 Å². The maximum atomic E-state index is 14.9. The molecule has 0 amide bonds. The zero-order valence-corrected chi connectivity index (χ0v) is 34.7. The highest BCUT2D eigenvalue weighted by molar-refractivity contribution is 6.99. The Morgan fingerprint density at radius 1 is 0.839 bits per heavy atom. The maximum absolute atomic E-state index is 14.9. The Bertz CT molecular complexity index is 1860. The van der Waals surface area contributed by atoms with Gasteiger partial charge >= 0.3 is 12.1 Å². The van der Waals surface area contributed by atoms with Crippen LogP contribution in [0.3, 0.4) is 0 Å². The third-order valence-corrected chi connectivity index (χ3v) is 15.6. The van der Waals surface area contributed by atoms with Crippen molar-refractivity contribution in [3.05, 3.63) is 132 Å². The standard InChI is InChI=1S/C46H55F3O6Si/c1-32(2)39-29-27-33(3)19-18-20-35(31-54-56(44(5,6)7,37-23-14-10-15-24-37)38-25-16-11-17-26-38)40(50)30-28-34(4)42(41(39)51)55-43(52)45(53-8,46(47,48)49)36-21-12-9-13-22-36/h9-17,20-27,29,32,34,42H,18-19,28,30-31H2,1-8H3/b33-27-,35-20-,39-29+/t34-,42+,45-/m1/s1. The minimum absolute atomic E-state index is 0.0387. The van der Waals surface area contributed by atoms with Crippen LogP contribution in [0.1, 0.15) is 79.7 Å². The molecule has 0 fully saturated rings. The van der Waals surface area contributed by atoms with E-state index < -0.39 is 49.4 Å². The first-order valence-electron chi connectivity index (χ1n) is 19.2. The number of carbonyl (C=O) groups excluding carboxylic acids is 3. The molecular weight excluding hydrogens is 734 g/mol. The molecule has 0 saturated heterocycles. The lowest BCUT2D eigenvalue weighted by molar-refractivity contribution is -0.278. The van der Waals surface area contributed by atoms with Gasteiger partial charge in [0.15, 0.2) is 17.7 Å². The molecular formula is C46H55F3O6Si. The lowest BCUT2D eigenvalue weighted by Gasteiger charge is -2.43. The van der Waals surface area contributed by atoms with Gasteiger partial charge in [-0.25, -0.2) is 4.79 Å². The second-order valence-corrected chi connectivity index (χ2v) is 20.2. The van der Waals surface area contributed by atoms with Crippen LogP contribution in [-0.4, -0.2) is 51.9 Å². The van der Waals surface area contributed by atoms with E-state index in [1.165, 1.54) is 18.2 Å². The van der Waals surface area contributed by atoms with E-state index in [-0.39, 0.29) is 36.2 Å². The normalized spacial score (nSPS) is 22.1. The fourth-order valence-corrected chi connectivity index (χ4v) is 11.9. The quantitative estimate of drug-likeness (QED) is 0.151. The summed E-state index contributed by atoms with van der Waals surface area (Å²) in [6, 6.07) is 26.7. The molecule has 3 atom stereocenters. The average molecular weight is 789 g/mol. The van der Waals surface area contributed by atoms with Gasteiger partial charge in [-0.15, -0.1) is 0 Å². The number of hydrogen-bond donors (Lipinski definition) is 0. The number of ether oxygens (including phenoxy) is 2. The van der Waals surface area contributed by atoms with Crippen LogP contribution in [0.2, 0.25) is 5.04 Å². The minimum atomic E-state index is -5.23. The summed E-state index contributed by atoms with van der Waals surface area (Å²) in [6.07, 6.45) is -0.354. The molecule has 10 heteroatoms. The third-order valence-electron chi connectivity index (χ3n) is 10.6. The molecule has 0 unspecified atom stereocenters. The molecule has 0 aliphatic heterocycles. The molecule has 300 valence electrons. The van der Waals surface area contributed by atoms with E-state index in [1.807, 2.05) is 49.4 Å². The Balaban J connectivity index is 1.75. The van der Waals surface area contributed by atoms with Crippen LogP contribution in [0.5, 0.6) is 0 Å². The van der Waals surface area contributed by atoms with Crippen molar-refractivity contribution in [2.24, 2.45) is 11.8 Å². The van der Waals surface area contributed by atoms with Crippen LogP contribution in [-0.2, 0) is 33.9 Å². The van der Waals surface area contributed by atoms with Gasteiger partial charge in [-0.05, 0) is 47.5 Å². The van der Waals surface area contributed by atoms with Crippen molar-refractivity contribution in [3.63, 3.8) is 0 Å². The van der Waals surface area contributed by atoms with Crippen LogP contribution < -0.4 is 10.4 Å². The molecule has 6 nitrogen and oxygen atoms in total. The van der Waals surface area contributed by atoms with Gasteiger partial charge in [0, 0.05) is 36.2 Å². The molecule has 4 rings (SSSR count). The van der Waals surface area contributed by atoms with Gasteiger partial charge in [-0.1, -0.05) is 156 Å². The molecule has 3 aromatic carbocycles. The van der Waals surface area contributed by atoms with Gasteiger partial charge in [0.1, 0.15) is 0 Å². The number of allylic oxidation sites excluding steroid dienone is 4. The SMILES string of the molecule is CO[C@@](C(=O)O[C@@H]1C(=O)/C(C(C)C)=C/C=C(/C)CC/C=C(/CO[Si](c2ccccc2)(c2ccccc2)C(C)(C)C)C(=O)CC[C@H]1C)(c1ccccc1)C(F)(F)F. The first-order valence-corrected chi connectivity index (χ1v) is 21.1. The van der Waals surface area contributed by atoms with Crippen molar-refractivity contribution in [1.29, 1.82) is 0 Å². The Morgan fingerprint density at radius 3 is 1.86 bits per heavy atom. The van der Waals surface area contributed by atoms with Gasteiger partial charge in [0.2, 0.25) is 0 Å². The topological polar surface area (TPSA) is 78.9 Å². The molecule has 0 radical (unpaired) electrons. The Morgan fingerprint density at radius 2 is 1.38 bits per heavy atom. The van der Waals surface area contributed by atoms with Crippen LogP contribution in [0.15, 0.2) is 126 Å². The van der Waals surface area contributed by atoms with Gasteiger partial charge in [0.05, 0.1) is 6.61 Å². The lowest BCUT2D eigenvalue weighted by atomic mass is 9.86. The first kappa shape index (κ1) is 44.3. The summed E-state index contributed by atoms with van der Waals surface area (Å²) in [5, 5.41) is 1.80. The van der Waals surface area contributed by atoms with Crippen molar-refractivity contribution in [2.45, 2.75) is 97.1 Å². The highest BCUT2D eigenvalue weighted by Gasteiger charge is 2.64. The number of esters is 1. The van der Waals surface area contributed by atoms with E-state index in [1.54, 1.807) is 32.9 Å². The molecule has 0 aromatic heterocycles. The average Bonchev–Trinajstić information content (AvgIpc) is 3.15. The number of alkyl halides is 3. The summed E-state index contributed by atoms with van der Waals surface area (Å²) < 4.78 is 62.5. The van der Waals surface area contributed by atoms with Crippen LogP contribution >= 0.6 is 0 Å². The summed E-state index contributed by atoms with van der Waals surface area (Å²) in [5.74, 6) is -3.78. The number of rotatable bonds is 10. The highest BCUT2D eigenvalue weighted by Crippen LogP contribution is 2.44. The smallest absolute Gasteiger partial charge is 0.432 e. The molecule has 0 bridgehead atoms. The number of benzene rings is 3. The second-order valence-electron chi connectivity index (χ2n) is 15.9. The number of Topliss-reactive ketones (excluding diaryl/α,β-unsaturated/α-hetero) is 2. The number of carbonyl (C=O) groups is 3. The van der Waals surface area contributed by atoms with E-state index in [9.17, 15) is 27.6 Å². The van der Waals surface area contributed by atoms with E-state index >= 15 is 0 Å². The molecule has 56 heavy (non-hydrogen) atoms. The molecule has 3 aromatic rings. The number of halogens is 3. The molecule has 0 spiro atoms. The minimum Gasteiger partial charge on any atom is -0.451 e. The van der Waals surface area contributed by atoms with E-state index in [0.717, 1.165) is 35.2 Å². The summed E-state index contributed by atoms with van der Waals surface area (Å²) >= 11 is 0. The predicted octanol–water partition coefficient (Wildman–Crippen LogP) is 9.38. The summed E-state index contributed by atoms with van der Waals surface area (Å²) in [7, 11) is -2.23. The van der Waals surface area contributed by atoms with Gasteiger partial charge in [0.25, 0.3) is 13.9 Å². The highest BCUT2D eigenvalue weighted by atomic mass is 28.4. The predicted molar refractivity (Wildman–Crippen MR) is 217 cm³/mol. The fraction of sp³-hybridized carbons (Fsp3) is 0.413. The van der Waals surface area contributed by atoms with Crippen LogP contribution in [0.25, 0.3) is 0 Å².